The van der Waals surface area contributed by atoms with Crippen LogP contribution >= 0.6 is 0 Å². The van der Waals surface area contributed by atoms with Gasteiger partial charge in [0.1, 0.15) is 5.76 Å². The first-order chi connectivity index (χ1) is 14.3. The summed E-state index contributed by atoms with van der Waals surface area (Å²) in [5, 5.41) is 17.3. The summed E-state index contributed by atoms with van der Waals surface area (Å²) < 4.78 is 7.61. The highest BCUT2D eigenvalue weighted by molar-refractivity contribution is 5.62. The zero-order valence-corrected chi connectivity index (χ0v) is 16.6. The fourth-order valence-corrected chi connectivity index (χ4v) is 4.00. The van der Waals surface area contributed by atoms with Gasteiger partial charge in [-0.1, -0.05) is 30.3 Å². The van der Waals surface area contributed by atoms with Gasteiger partial charge in [0.15, 0.2) is 0 Å². The lowest BCUT2D eigenvalue weighted by atomic mass is 10.1. The first-order valence-electron chi connectivity index (χ1n) is 10.3. The van der Waals surface area contributed by atoms with Crippen molar-refractivity contribution in [2.45, 2.75) is 38.4 Å². The number of furan rings is 1. The van der Waals surface area contributed by atoms with Gasteiger partial charge in [-0.15, -0.1) is 0 Å². The molecule has 29 heavy (non-hydrogen) atoms. The molecule has 1 N–H and O–H groups in total. The molecule has 0 radical (unpaired) electrons. The van der Waals surface area contributed by atoms with E-state index in [1.807, 2.05) is 28.9 Å². The highest BCUT2D eigenvalue weighted by atomic mass is 16.3. The van der Waals surface area contributed by atoms with Crippen LogP contribution < -0.4 is 5.32 Å². The molecule has 1 saturated heterocycles. The summed E-state index contributed by atoms with van der Waals surface area (Å²) >= 11 is 0. The average molecular weight is 390 g/mol. The minimum absolute atomic E-state index is 0.251. The highest BCUT2D eigenvalue weighted by Gasteiger charge is 2.25. The molecule has 3 aromatic rings. The number of benzene rings is 1. The topological polar surface area (TPSA) is 70.0 Å². The zero-order chi connectivity index (χ0) is 19.9. The van der Waals surface area contributed by atoms with Crippen LogP contribution in [0.2, 0.25) is 0 Å². The predicted octanol–water partition coefficient (Wildman–Crippen LogP) is 3.98. The minimum atomic E-state index is 0.251. The summed E-state index contributed by atoms with van der Waals surface area (Å²) in [6.07, 6.45) is 6.77. The molecule has 6 heteroatoms. The lowest BCUT2D eigenvalue weighted by Gasteiger charge is -2.26. The third kappa shape index (κ3) is 4.76. The van der Waals surface area contributed by atoms with E-state index in [0.717, 1.165) is 48.8 Å². The van der Waals surface area contributed by atoms with Crippen molar-refractivity contribution >= 4 is 0 Å². The third-order valence-corrected chi connectivity index (χ3v) is 5.44. The first kappa shape index (κ1) is 19.4. The van der Waals surface area contributed by atoms with Gasteiger partial charge < -0.3 is 9.73 Å². The van der Waals surface area contributed by atoms with Crippen molar-refractivity contribution in [3.63, 3.8) is 0 Å². The van der Waals surface area contributed by atoms with E-state index < -0.39 is 0 Å². The molecular formula is C23H27N5O. The number of aryl methyl sites for hydroxylation is 1. The molecule has 0 spiro atoms. The Labute approximate surface area is 171 Å². The molecule has 3 heterocycles. The van der Waals surface area contributed by atoms with Crippen LogP contribution in [-0.4, -0.2) is 34.3 Å². The van der Waals surface area contributed by atoms with Crippen LogP contribution in [0.1, 0.15) is 36.6 Å². The number of nitrogens with zero attached hydrogens (tertiary/aromatic N) is 4. The molecule has 1 unspecified atom stereocenters. The second-order valence-electron chi connectivity index (χ2n) is 7.45. The Morgan fingerprint density at radius 2 is 1.97 bits per heavy atom. The summed E-state index contributed by atoms with van der Waals surface area (Å²) in [4.78, 5) is 2.50. The smallest absolute Gasteiger partial charge is 0.122 e. The molecule has 0 aliphatic carbocycles. The Balaban J connectivity index is 1.48. The van der Waals surface area contributed by atoms with Gasteiger partial charge >= 0.3 is 0 Å². The zero-order valence-electron chi connectivity index (χ0n) is 16.6. The second-order valence-corrected chi connectivity index (χ2v) is 7.45. The average Bonchev–Trinajstić information content (AvgIpc) is 3.53. The van der Waals surface area contributed by atoms with Gasteiger partial charge in [-0.05, 0) is 38.1 Å². The minimum Gasteiger partial charge on any atom is -0.468 e. The summed E-state index contributed by atoms with van der Waals surface area (Å²) in [6, 6.07) is 16.7. The van der Waals surface area contributed by atoms with Crippen molar-refractivity contribution < 1.29 is 4.42 Å². The van der Waals surface area contributed by atoms with E-state index >= 15 is 0 Å². The summed E-state index contributed by atoms with van der Waals surface area (Å²) in [5.74, 6) is 1.02. The molecule has 1 aliphatic rings. The van der Waals surface area contributed by atoms with E-state index in [9.17, 15) is 0 Å². The number of likely N-dealkylation sites (tertiary alicyclic amines) is 1. The molecule has 0 saturated carbocycles. The van der Waals surface area contributed by atoms with Crippen molar-refractivity contribution in [2.24, 2.45) is 0 Å². The van der Waals surface area contributed by atoms with E-state index in [1.54, 1.807) is 6.26 Å². The van der Waals surface area contributed by atoms with Gasteiger partial charge in [0.2, 0.25) is 0 Å². The maximum absolute atomic E-state index is 8.90. The second kappa shape index (κ2) is 9.55. The van der Waals surface area contributed by atoms with Gasteiger partial charge in [0.25, 0.3) is 0 Å². The SMILES string of the molecule is N#CCCn1cc(CNCC(c2ccco2)N2CCCC2)c(-c2ccccc2)n1. The number of rotatable bonds is 9. The Morgan fingerprint density at radius 3 is 2.69 bits per heavy atom. The van der Waals surface area contributed by atoms with Crippen LogP contribution in [0.4, 0.5) is 0 Å². The summed E-state index contributed by atoms with van der Waals surface area (Å²) in [7, 11) is 0. The van der Waals surface area contributed by atoms with Crippen LogP contribution in [0, 0.1) is 11.3 Å². The Bertz CT molecular complexity index is 920. The molecule has 150 valence electrons. The van der Waals surface area contributed by atoms with Crippen LogP contribution in [0.25, 0.3) is 11.3 Å². The maximum Gasteiger partial charge on any atom is 0.122 e. The highest BCUT2D eigenvalue weighted by Crippen LogP contribution is 2.26. The normalized spacial score (nSPS) is 15.4. The molecule has 1 aliphatic heterocycles. The molecule has 6 nitrogen and oxygen atoms in total. The first-order valence-corrected chi connectivity index (χ1v) is 10.3. The molecule has 4 rings (SSSR count). The molecular weight excluding hydrogens is 362 g/mol. The Hall–Kier alpha value is -2.88. The largest absolute Gasteiger partial charge is 0.468 e. The van der Waals surface area contributed by atoms with Crippen molar-refractivity contribution in [1.82, 2.24) is 20.0 Å². The van der Waals surface area contributed by atoms with Gasteiger partial charge in [-0.3, -0.25) is 9.58 Å². The lowest BCUT2D eigenvalue weighted by Crippen LogP contribution is -2.33. The van der Waals surface area contributed by atoms with E-state index in [0.29, 0.717) is 13.0 Å². The number of aromatic nitrogens is 2. The van der Waals surface area contributed by atoms with Crippen molar-refractivity contribution in [1.29, 1.82) is 5.26 Å². The predicted molar refractivity (Wildman–Crippen MR) is 112 cm³/mol. The van der Waals surface area contributed by atoms with Crippen LogP contribution in [0.15, 0.2) is 59.3 Å². The fraction of sp³-hybridized carbons (Fsp3) is 0.391. The molecule has 0 bridgehead atoms. The van der Waals surface area contributed by atoms with Gasteiger partial charge in [-0.25, -0.2) is 0 Å². The number of hydrogen-bond donors (Lipinski definition) is 1. The van der Waals surface area contributed by atoms with Crippen molar-refractivity contribution in [3.8, 4) is 17.3 Å². The van der Waals surface area contributed by atoms with Crippen molar-refractivity contribution in [2.75, 3.05) is 19.6 Å². The molecule has 1 aromatic carbocycles. The Morgan fingerprint density at radius 1 is 1.14 bits per heavy atom. The van der Waals surface area contributed by atoms with Crippen molar-refractivity contribution in [3.05, 3.63) is 66.2 Å². The number of nitriles is 1. The molecule has 2 aromatic heterocycles. The molecule has 1 atom stereocenters. The summed E-state index contributed by atoms with van der Waals surface area (Å²) in [5.41, 5.74) is 3.22. The number of nitrogens with one attached hydrogen (secondary N) is 1. The third-order valence-electron chi connectivity index (χ3n) is 5.44. The standard InChI is InChI=1S/C23H27N5O/c24-11-7-14-28-18-20(23(26-28)19-8-2-1-3-9-19)16-25-17-21(22-10-6-15-29-22)27-12-4-5-13-27/h1-3,6,8-10,15,18,21,25H,4-5,7,12-14,16-17H2. The monoisotopic (exact) mass is 389 g/mol. The molecule has 1 fully saturated rings. The van der Waals surface area contributed by atoms with E-state index in [1.165, 1.54) is 12.8 Å². The van der Waals surface area contributed by atoms with Crippen LogP contribution in [-0.2, 0) is 13.1 Å². The summed E-state index contributed by atoms with van der Waals surface area (Å²) in [6.45, 7) is 4.40. The van der Waals surface area contributed by atoms with Crippen LogP contribution in [0.3, 0.4) is 0 Å². The van der Waals surface area contributed by atoms with E-state index in [2.05, 4.69) is 40.7 Å². The number of hydrogen-bond acceptors (Lipinski definition) is 5. The van der Waals surface area contributed by atoms with Gasteiger partial charge in [0, 0.05) is 30.4 Å². The maximum atomic E-state index is 8.90. The lowest BCUT2D eigenvalue weighted by molar-refractivity contribution is 0.209. The van der Waals surface area contributed by atoms with Crippen LogP contribution in [0.5, 0.6) is 0 Å². The van der Waals surface area contributed by atoms with E-state index in [4.69, 9.17) is 14.8 Å². The molecule has 0 amide bonds. The Kier molecular flexibility index (Phi) is 6.40. The van der Waals surface area contributed by atoms with Gasteiger partial charge in [-0.2, -0.15) is 10.4 Å². The van der Waals surface area contributed by atoms with Gasteiger partial charge in [0.05, 0.1) is 37.0 Å². The van der Waals surface area contributed by atoms with E-state index in [-0.39, 0.29) is 6.04 Å². The fourth-order valence-electron chi connectivity index (χ4n) is 4.00. The quantitative estimate of drug-likeness (QED) is 0.599.